The molecular weight excluding hydrogens is 175 g/mol. The Labute approximate surface area is 84.5 Å². The first-order valence-electron chi connectivity index (χ1n) is 5.23. The van der Waals surface area contributed by atoms with Gasteiger partial charge in [-0.05, 0) is 55.4 Å². The highest BCUT2D eigenvalue weighted by Crippen LogP contribution is 2.27. The summed E-state index contributed by atoms with van der Waals surface area (Å²) in [5.74, 6) is -0.0889. The Bertz CT molecular complexity index is 363. The van der Waals surface area contributed by atoms with Gasteiger partial charge in [-0.25, -0.2) is 4.39 Å². The van der Waals surface area contributed by atoms with Crippen molar-refractivity contribution in [3.8, 4) is 0 Å². The van der Waals surface area contributed by atoms with E-state index in [9.17, 15) is 4.39 Å². The smallest absolute Gasteiger partial charge is 0.126 e. The maximum atomic E-state index is 13.3. The van der Waals surface area contributed by atoms with Crippen LogP contribution in [0.1, 0.15) is 36.8 Å². The molecule has 14 heavy (non-hydrogen) atoms. The van der Waals surface area contributed by atoms with Crippen molar-refractivity contribution < 1.29 is 4.39 Å². The van der Waals surface area contributed by atoms with E-state index in [0.29, 0.717) is 0 Å². The van der Waals surface area contributed by atoms with Gasteiger partial charge in [0.2, 0.25) is 0 Å². The van der Waals surface area contributed by atoms with E-state index in [1.165, 1.54) is 18.4 Å². The van der Waals surface area contributed by atoms with Crippen molar-refractivity contribution in [2.45, 2.75) is 32.6 Å². The number of rotatable bonds is 1. The minimum absolute atomic E-state index is 0.0889. The molecule has 0 heterocycles. The minimum atomic E-state index is -0.0889. The number of hydrogen-bond donors (Lipinski definition) is 0. The lowest BCUT2D eigenvalue weighted by atomic mass is 9.93. The molecule has 1 aromatic carbocycles. The molecule has 2 rings (SSSR count). The standard InChI is InChI=1S/C13H15F/c1-10-7-8-12(9-13(10)14)11-5-3-2-4-6-11/h5,7-9H,2-4,6H2,1H3. The maximum absolute atomic E-state index is 13.3. The minimum Gasteiger partial charge on any atom is -0.207 e. The zero-order chi connectivity index (χ0) is 9.97. The lowest BCUT2D eigenvalue weighted by Gasteiger charge is -2.13. The second-order valence-electron chi connectivity index (χ2n) is 3.94. The molecule has 0 radical (unpaired) electrons. The summed E-state index contributed by atoms with van der Waals surface area (Å²) in [6, 6.07) is 5.54. The highest BCUT2D eigenvalue weighted by atomic mass is 19.1. The second-order valence-corrected chi connectivity index (χ2v) is 3.94. The summed E-state index contributed by atoms with van der Waals surface area (Å²) < 4.78 is 13.3. The van der Waals surface area contributed by atoms with Crippen LogP contribution >= 0.6 is 0 Å². The number of allylic oxidation sites excluding steroid dienone is 2. The van der Waals surface area contributed by atoms with Crippen LogP contribution in [-0.4, -0.2) is 0 Å². The van der Waals surface area contributed by atoms with E-state index >= 15 is 0 Å². The summed E-state index contributed by atoms with van der Waals surface area (Å²) in [4.78, 5) is 0. The summed E-state index contributed by atoms with van der Waals surface area (Å²) in [7, 11) is 0. The molecule has 0 aromatic heterocycles. The Morgan fingerprint density at radius 1 is 1.21 bits per heavy atom. The Kier molecular flexibility index (Phi) is 2.67. The topological polar surface area (TPSA) is 0 Å². The van der Waals surface area contributed by atoms with E-state index in [4.69, 9.17) is 0 Å². The van der Waals surface area contributed by atoms with Crippen LogP contribution in [0.25, 0.3) is 5.57 Å². The molecule has 0 atom stereocenters. The molecule has 0 spiro atoms. The normalized spacial score (nSPS) is 16.6. The van der Waals surface area contributed by atoms with Gasteiger partial charge in [-0.15, -0.1) is 0 Å². The average molecular weight is 190 g/mol. The van der Waals surface area contributed by atoms with Crippen LogP contribution in [-0.2, 0) is 0 Å². The third-order valence-corrected chi connectivity index (χ3v) is 2.83. The number of hydrogen-bond acceptors (Lipinski definition) is 0. The fourth-order valence-electron chi connectivity index (χ4n) is 1.89. The van der Waals surface area contributed by atoms with Crippen LogP contribution in [0.3, 0.4) is 0 Å². The summed E-state index contributed by atoms with van der Waals surface area (Å²) in [5.41, 5.74) is 3.10. The molecule has 1 aliphatic rings. The number of aryl methyl sites for hydroxylation is 1. The fourth-order valence-corrected chi connectivity index (χ4v) is 1.89. The molecule has 0 amide bonds. The molecule has 0 bridgehead atoms. The van der Waals surface area contributed by atoms with E-state index in [2.05, 4.69) is 6.08 Å². The third-order valence-electron chi connectivity index (χ3n) is 2.83. The zero-order valence-electron chi connectivity index (χ0n) is 8.52. The van der Waals surface area contributed by atoms with Crippen LogP contribution in [0.2, 0.25) is 0 Å². The van der Waals surface area contributed by atoms with Gasteiger partial charge < -0.3 is 0 Å². The average Bonchev–Trinajstić information content (AvgIpc) is 2.23. The molecule has 0 N–H and O–H groups in total. The van der Waals surface area contributed by atoms with Gasteiger partial charge in [0.15, 0.2) is 0 Å². The van der Waals surface area contributed by atoms with E-state index in [1.54, 1.807) is 13.0 Å². The van der Waals surface area contributed by atoms with Crippen molar-refractivity contribution in [2.75, 3.05) is 0 Å². The first-order valence-corrected chi connectivity index (χ1v) is 5.23. The van der Waals surface area contributed by atoms with Crippen LogP contribution in [0.4, 0.5) is 4.39 Å². The second kappa shape index (κ2) is 3.95. The van der Waals surface area contributed by atoms with Crippen molar-refractivity contribution >= 4 is 5.57 Å². The van der Waals surface area contributed by atoms with Gasteiger partial charge in [0.05, 0.1) is 0 Å². The van der Waals surface area contributed by atoms with Crippen molar-refractivity contribution in [3.05, 3.63) is 41.2 Å². The molecule has 1 aromatic rings. The van der Waals surface area contributed by atoms with Gasteiger partial charge >= 0.3 is 0 Å². The summed E-state index contributed by atoms with van der Waals surface area (Å²) in [6.07, 6.45) is 7.00. The van der Waals surface area contributed by atoms with Crippen LogP contribution in [0, 0.1) is 12.7 Å². The molecule has 0 unspecified atom stereocenters. The highest BCUT2D eigenvalue weighted by molar-refractivity contribution is 5.66. The molecule has 1 aliphatic carbocycles. The zero-order valence-corrected chi connectivity index (χ0v) is 8.52. The first-order chi connectivity index (χ1) is 6.77. The Balaban J connectivity index is 2.32. The summed E-state index contributed by atoms with van der Waals surface area (Å²) >= 11 is 0. The van der Waals surface area contributed by atoms with E-state index < -0.39 is 0 Å². The maximum Gasteiger partial charge on any atom is 0.126 e. The monoisotopic (exact) mass is 190 g/mol. The summed E-state index contributed by atoms with van der Waals surface area (Å²) in [5, 5.41) is 0. The molecule has 0 saturated carbocycles. The van der Waals surface area contributed by atoms with Crippen molar-refractivity contribution in [1.82, 2.24) is 0 Å². The number of benzene rings is 1. The molecule has 74 valence electrons. The van der Waals surface area contributed by atoms with Crippen molar-refractivity contribution in [3.63, 3.8) is 0 Å². The van der Waals surface area contributed by atoms with E-state index in [1.807, 2.05) is 12.1 Å². The first kappa shape index (κ1) is 9.45. The molecule has 1 heteroatoms. The van der Waals surface area contributed by atoms with Gasteiger partial charge in [0.25, 0.3) is 0 Å². The van der Waals surface area contributed by atoms with Crippen molar-refractivity contribution in [1.29, 1.82) is 0 Å². The lowest BCUT2D eigenvalue weighted by Crippen LogP contribution is -1.93. The fraction of sp³-hybridized carbons (Fsp3) is 0.385. The van der Waals surface area contributed by atoms with Crippen molar-refractivity contribution in [2.24, 2.45) is 0 Å². The molecule has 0 saturated heterocycles. The van der Waals surface area contributed by atoms with Gasteiger partial charge in [-0.1, -0.05) is 18.2 Å². The quantitative estimate of drug-likeness (QED) is 0.625. The predicted octanol–water partition coefficient (Wildman–Crippen LogP) is 4.09. The van der Waals surface area contributed by atoms with E-state index in [0.717, 1.165) is 24.0 Å². The Morgan fingerprint density at radius 2 is 2.07 bits per heavy atom. The van der Waals surface area contributed by atoms with Crippen LogP contribution < -0.4 is 0 Å². The SMILES string of the molecule is Cc1ccc(C2=CCCCC2)cc1F. The van der Waals surface area contributed by atoms with E-state index in [-0.39, 0.29) is 5.82 Å². The number of halogens is 1. The van der Waals surface area contributed by atoms with Gasteiger partial charge in [0.1, 0.15) is 5.82 Å². The Hall–Kier alpha value is -1.11. The van der Waals surface area contributed by atoms with Crippen LogP contribution in [0.5, 0.6) is 0 Å². The lowest BCUT2D eigenvalue weighted by molar-refractivity contribution is 0.617. The third kappa shape index (κ3) is 1.87. The van der Waals surface area contributed by atoms with Gasteiger partial charge in [0, 0.05) is 0 Å². The molecular formula is C13H15F. The molecule has 0 aliphatic heterocycles. The Morgan fingerprint density at radius 3 is 2.71 bits per heavy atom. The van der Waals surface area contributed by atoms with Crippen LogP contribution in [0.15, 0.2) is 24.3 Å². The molecule has 0 nitrogen and oxygen atoms in total. The largest absolute Gasteiger partial charge is 0.207 e. The highest BCUT2D eigenvalue weighted by Gasteiger charge is 2.07. The summed E-state index contributed by atoms with van der Waals surface area (Å²) in [6.45, 7) is 1.80. The van der Waals surface area contributed by atoms with Gasteiger partial charge in [-0.3, -0.25) is 0 Å². The van der Waals surface area contributed by atoms with Gasteiger partial charge in [-0.2, -0.15) is 0 Å². The molecule has 0 fully saturated rings. The predicted molar refractivity (Wildman–Crippen MR) is 57.6 cm³/mol.